The van der Waals surface area contributed by atoms with Gasteiger partial charge in [0.25, 0.3) is 0 Å². The second-order valence-electron chi connectivity index (χ2n) is 4.27. The lowest BCUT2D eigenvalue weighted by molar-refractivity contribution is -0.141. The summed E-state index contributed by atoms with van der Waals surface area (Å²) in [4.78, 5) is 6.32. The fraction of sp³-hybridized carbons (Fsp3) is 0.286. The van der Waals surface area contributed by atoms with Crippen molar-refractivity contribution in [2.45, 2.75) is 19.6 Å². The average molecular weight is 311 g/mol. The molecule has 0 fully saturated rings. The zero-order valence-corrected chi connectivity index (χ0v) is 12.0. The number of alkyl halides is 3. The van der Waals surface area contributed by atoms with Gasteiger partial charge in [-0.25, -0.2) is 4.98 Å². The van der Waals surface area contributed by atoms with E-state index >= 15 is 0 Å². The number of nitriles is 1. The van der Waals surface area contributed by atoms with Crippen molar-refractivity contribution in [3.8, 4) is 6.07 Å². The molecule has 0 saturated heterocycles. The van der Waals surface area contributed by atoms with Crippen LogP contribution in [0.4, 0.5) is 19.0 Å². The van der Waals surface area contributed by atoms with Crippen LogP contribution in [0.1, 0.15) is 23.1 Å². The van der Waals surface area contributed by atoms with Crippen LogP contribution < -0.4 is 4.90 Å². The van der Waals surface area contributed by atoms with Crippen LogP contribution in [0.25, 0.3) is 0 Å². The second-order valence-corrected chi connectivity index (χ2v) is 5.30. The third-order valence-corrected chi connectivity index (χ3v) is 3.76. The lowest BCUT2D eigenvalue weighted by Crippen LogP contribution is -2.25. The molecule has 7 heteroatoms. The summed E-state index contributed by atoms with van der Waals surface area (Å²) in [6.07, 6.45) is -4.52. The van der Waals surface area contributed by atoms with E-state index < -0.39 is 11.9 Å². The number of anilines is 1. The summed E-state index contributed by atoms with van der Waals surface area (Å²) in [5.41, 5.74) is -0.845. The minimum atomic E-state index is -4.52. The number of rotatable bonds is 4. The first-order valence-corrected chi connectivity index (χ1v) is 7.09. The van der Waals surface area contributed by atoms with Crippen LogP contribution in [-0.4, -0.2) is 11.5 Å². The van der Waals surface area contributed by atoms with E-state index in [4.69, 9.17) is 5.26 Å². The molecule has 2 aromatic rings. The molecule has 2 heterocycles. The highest BCUT2D eigenvalue weighted by atomic mass is 32.1. The van der Waals surface area contributed by atoms with Gasteiger partial charge in [-0.3, -0.25) is 0 Å². The maximum absolute atomic E-state index is 12.8. The molecule has 21 heavy (non-hydrogen) atoms. The topological polar surface area (TPSA) is 39.9 Å². The molecule has 2 rings (SSSR count). The van der Waals surface area contributed by atoms with Gasteiger partial charge in [0.05, 0.1) is 12.1 Å². The van der Waals surface area contributed by atoms with E-state index in [-0.39, 0.29) is 11.4 Å². The molecule has 0 saturated carbocycles. The standard InChI is InChI=1S/C14H12F3N3S/c1-2-20(9-11-4-3-7-21-11)13-10(8-18)5-6-12(19-13)14(15,16)17/h3-7H,2,9H2,1H3. The third kappa shape index (κ3) is 3.52. The van der Waals surface area contributed by atoms with E-state index in [1.165, 1.54) is 17.4 Å². The highest BCUT2D eigenvalue weighted by molar-refractivity contribution is 7.09. The predicted octanol–water partition coefficient (Wildman–Crippen LogP) is 4.06. The molecule has 0 spiro atoms. The van der Waals surface area contributed by atoms with Crippen LogP contribution in [0.15, 0.2) is 29.6 Å². The van der Waals surface area contributed by atoms with Crippen molar-refractivity contribution in [2.75, 3.05) is 11.4 Å². The van der Waals surface area contributed by atoms with E-state index in [9.17, 15) is 13.2 Å². The summed E-state index contributed by atoms with van der Waals surface area (Å²) < 4.78 is 38.4. The molecule has 0 bridgehead atoms. The summed E-state index contributed by atoms with van der Waals surface area (Å²) in [5, 5.41) is 11.0. The number of nitrogens with zero attached hydrogens (tertiary/aromatic N) is 3. The SMILES string of the molecule is CCN(Cc1cccs1)c1nc(C(F)(F)F)ccc1C#N. The Labute approximate surface area is 124 Å². The Morgan fingerprint density at radius 2 is 2.10 bits per heavy atom. The normalized spacial score (nSPS) is 11.2. The quantitative estimate of drug-likeness (QED) is 0.855. The van der Waals surface area contributed by atoms with Crippen LogP contribution in [0.3, 0.4) is 0 Å². The van der Waals surface area contributed by atoms with Crippen LogP contribution in [0.5, 0.6) is 0 Å². The zero-order chi connectivity index (χ0) is 15.5. The number of pyridine rings is 1. The van der Waals surface area contributed by atoms with Crippen molar-refractivity contribution in [3.63, 3.8) is 0 Å². The fourth-order valence-electron chi connectivity index (χ4n) is 1.86. The lowest BCUT2D eigenvalue weighted by Gasteiger charge is -2.23. The van der Waals surface area contributed by atoms with Gasteiger partial charge in [0.15, 0.2) is 0 Å². The molecule has 0 amide bonds. The molecule has 3 nitrogen and oxygen atoms in total. The molecule has 2 aromatic heterocycles. The molecule has 0 radical (unpaired) electrons. The number of aromatic nitrogens is 1. The number of hydrogen-bond acceptors (Lipinski definition) is 4. The predicted molar refractivity (Wildman–Crippen MR) is 75.0 cm³/mol. The van der Waals surface area contributed by atoms with Crippen molar-refractivity contribution >= 4 is 17.2 Å². The monoisotopic (exact) mass is 311 g/mol. The number of hydrogen-bond donors (Lipinski definition) is 0. The van der Waals surface area contributed by atoms with Crippen LogP contribution >= 0.6 is 11.3 Å². The highest BCUT2D eigenvalue weighted by Gasteiger charge is 2.33. The first-order valence-electron chi connectivity index (χ1n) is 6.21. The molecular weight excluding hydrogens is 299 g/mol. The number of thiophene rings is 1. The molecule has 0 atom stereocenters. The van der Waals surface area contributed by atoms with Gasteiger partial charge in [-0.2, -0.15) is 18.4 Å². The Hall–Kier alpha value is -2.07. The van der Waals surface area contributed by atoms with Crippen LogP contribution in [-0.2, 0) is 12.7 Å². The Morgan fingerprint density at radius 1 is 1.33 bits per heavy atom. The maximum Gasteiger partial charge on any atom is 0.433 e. The van der Waals surface area contributed by atoms with E-state index in [0.29, 0.717) is 13.1 Å². The second kappa shape index (κ2) is 6.14. The van der Waals surface area contributed by atoms with Crippen molar-refractivity contribution in [1.82, 2.24) is 4.98 Å². The van der Waals surface area contributed by atoms with Gasteiger partial charge < -0.3 is 4.90 Å². The molecule has 0 aliphatic carbocycles. The molecule has 0 aliphatic heterocycles. The van der Waals surface area contributed by atoms with Crippen molar-refractivity contribution in [3.05, 3.63) is 45.8 Å². The Bertz CT molecular complexity index is 644. The molecule has 110 valence electrons. The van der Waals surface area contributed by atoms with Gasteiger partial charge in [0, 0.05) is 11.4 Å². The highest BCUT2D eigenvalue weighted by Crippen LogP contribution is 2.31. The summed E-state index contributed by atoms with van der Waals surface area (Å²) in [6, 6.07) is 7.67. The summed E-state index contributed by atoms with van der Waals surface area (Å²) in [7, 11) is 0. The average Bonchev–Trinajstić information content (AvgIpc) is 2.96. The van der Waals surface area contributed by atoms with Crippen molar-refractivity contribution in [2.24, 2.45) is 0 Å². The Balaban J connectivity index is 2.41. The largest absolute Gasteiger partial charge is 0.433 e. The van der Waals surface area contributed by atoms with Crippen LogP contribution in [0, 0.1) is 11.3 Å². The number of halogens is 3. The van der Waals surface area contributed by atoms with Crippen LogP contribution in [0.2, 0.25) is 0 Å². The Morgan fingerprint density at radius 3 is 2.62 bits per heavy atom. The minimum absolute atomic E-state index is 0.0724. The first kappa shape index (κ1) is 15.3. The van der Waals surface area contributed by atoms with E-state index in [1.54, 1.807) is 4.90 Å². The van der Waals surface area contributed by atoms with E-state index in [0.717, 1.165) is 10.9 Å². The van der Waals surface area contributed by atoms with Crippen molar-refractivity contribution in [1.29, 1.82) is 5.26 Å². The van der Waals surface area contributed by atoms with Gasteiger partial charge >= 0.3 is 6.18 Å². The van der Waals surface area contributed by atoms with E-state index in [1.807, 2.05) is 30.5 Å². The first-order chi connectivity index (χ1) is 9.95. The summed E-state index contributed by atoms with van der Waals surface area (Å²) in [6.45, 7) is 2.70. The van der Waals surface area contributed by atoms with Gasteiger partial charge in [0.2, 0.25) is 0 Å². The minimum Gasteiger partial charge on any atom is -0.351 e. The molecule has 0 unspecified atom stereocenters. The molecule has 0 aliphatic rings. The Kier molecular flexibility index (Phi) is 4.48. The maximum atomic E-state index is 12.8. The third-order valence-electron chi connectivity index (χ3n) is 2.89. The smallest absolute Gasteiger partial charge is 0.351 e. The molecular formula is C14H12F3N3S. The van der Waals surface area contributed by atoms with Gasteiger partial charge in [-0.05, 0) is 30.5 Å². The zero-order valence-electron chi connectivity index (χ0n) is 11.2. The van der Waals surface area contributed by atoms with Gasteiger partial charge in [-0.15, -0.1) is 11.3 Å². The fourth-order valence-corrected chi connectivity index (χ4v) is 2.58. The molecule has 0 aromatic carbocycles. The van der Waals surface area contributed by atoms with Gasteiger partial charge in [-0.1, -0.05) is 6.07 Å². The lowest BCUT2D eigenvalue weighted by atomic mass is 10.2. The van der Waals surface area contributed by atoms with Crippen molar-refractivity contribution < 1.29 is 13.2 Å². The summed E-state index contributed by atoms with van der Waals surface area (Å²) >= 11 is 1.51. The van der Waals surface area contributed by atoms with E-state index in [2.05, 4.69) is 4.98 Å². The van der Waals surface area contributed by atoms with Gasteiger partial charge in [0.1, 0.15) is 17.6 Å². The summed E-state index contributed by atoms with van der Waals surface area (Å²) in [5.74, 6) is 0.0724. The molecule has 0 N–H and O–H groups in total.